The standard InChI is InChI=1S/C19H20FNO4/c20-15-9-4-5-10-17(15)25-12-6-11-18(22)21-16(13-19(23)24)14-7-2-1-3-8-14/h1-5,7-10,16H,6,11-13H2,(H,21,22)(H,23,24). The van der Waals surface area contributed by atoms with Gasteiger partial charge in [0.15, 0.2) is 11.6 Å². The Hall–Kier alpha value is -2.89. The third-order valence-corrected chi connectivity index (χ3v) is 3.56. The Balaban J connectivity index is 1.81. The lowest BCUT2D eigenvalue weighted by Crippen LogP contribution is -2.30. The molecule has 0 aliphatic heterocycles. The molecule has 132 valence electrons. The van der Waals surface area contributed by atoms with Crippen molar-refractivity contribution in [3.63, 3.8) is 0 Å². The third-order valence-electron chi connectivity index (χ3n) is 3.56. The van der Waals surface area contributed by atoms with Crippen molar-refractivity contribution in [3.05, 3.63) is 66.0 Å². The first-order valence-electron chi connectivity index (χ1n) is 7.99. The Labute approximate surface area is 145 Å². The maximum atomic E-state index is 13.4. The van der Waals surface area contributed by atoms with Crippen LogP contribution in [0.1, 0.15) is 30.9 Å². The van der Waals surface area contributed by atoms with Crippen molar-refractivity contribution in [2.24, 2.45) is 0 Å². The topological polar surface area (TPSA) is 75.6 Å². The van der Waals surface area contributed by atoms with Crippen molar-refractivity contribution in [1.82, 2.24) is 5.32 Å². The fourth-order valence-corrected chi connectivity index (χ4v) is 2.36. The average molecular weight is 345 g/mol. The van der Waals surface area contributed by atoms with E-state index in [1.807, 2.05) is 6.07 Å². The van der Waals surface area contributed by atoms with E-state index < -0.39 is 17.8 Å². The Morgan fingerprint density at radius 3 is 2.44 bits per heavy atom. The summed E-state index contributed by atoms with van der Waals surface area (Å²) in [5, 5.41) is 11.7. The van der Waals surface area contributed by atoms with Gasteiger partial charge in [-0.1, -0.05) is 42.5 Å². The summed E-state index contributed by atoms with van der Waals surface area (Å²) in [5.74, 6) is -1.56. The summed E-state index contributed by atoms with van der Waals surface area (Å²) >= 11 is 0. The fraction of sp³-hybridized carbons (Fsp3) is 0.263. The van der Waals surface area contributed by atoms with Crippen LogP contribution >= 0.6 is 0 Å². The number of carboxylic acids is 1. The number of carboxylic acid groups (broad SMARTS) is 1. The number of hydrogen-bond donors (Lipinski definition) is 2. The third kappa shape index (κ3) is 6.25. The van der Waals surface area contributed by atoms with Crippen LogP contribution in [0.5, 0.6) is 5.75 Å². The molecular weight excluding hydrogens is 325 g/mol. The van der Waals surface area contributed by atoms with E-state index in [4.69, 9.17) is 9.84 Å². The summed E-state index contributed by atoms with van der Waals surface area (Å²) in [6, 6.07) is 14.4. The molecule has 0 fully saturated rings. The van der Waals surface area contributed by atoms with Gasteiger partial charge in [-0.3, -0.25) is 9.59 Å². The van der Waals surface area contributed by atoms with Crippen LogP contribution in [0.15, 0.2) is 54.6 Å². The van der Waals surface area contributed by atoms with Crippen molar-refractivity contribution in [2.45, 2.75) is 25.3 Å². The molecule has 0 radical (unpaired) electrons. The molecule has 1 amide bonds. The Morgan fingerprint density at radius 1 is 1.08 bits per heavy atom. The van der Waals surface area contributed by atoms with Gasteiger partial charge in [0.05, 0.1) is 19.1 Å². The van der Waals surface area contributed by atoms with Crippen molar-refractivity contribution >= 4 is 11.9 Å². The molecule has 0 aliphatic carbocycles. The van der Waals surface area contributed by atoms with E-state index in [0.29, 0.717) is 6.42 Å². The molecule has 2 aromatic rings. The summed E-state index contributed by atoms with van der Waals surface area (Å²) in [5.41, 5.74) is 0.737. The molecule has 2 rings (SSSR count). The van der Waals surface area contributed by atoms with Crippen LogP contribution in [-0.2, 0) is 9.59 Å². The van der Waals surface area contributed by atoms with Crippen LogP contribution in [0.2, 0.25) is 0 Å². The second-order valence-electron chi connectivity index (χ2n) is 5.51. The highest BCUT2D eigenvalue weighted by Gasteiger charge is 2.17. The highest BCUT2D eigenvalue weighted by atomic mass is 19.1. The van der Waals surface area contributed by atoms with Crippen molar-refractivity contribution in [2.75, 3.05) is 6.61 Å². The normalized spacial score (nSPS) is 11.6. The van der Waals surface area contributed by atoms with E-state index >= 15 is 0 Å². The van der Waals surface area contributed by atoms with Gasteiger partial charge in [0, 0.05) is 6.42 Å². The zero-order chi connectivity index (χ0) is 18.1. The summed E-state index contributed by atoms with van der Waals surface area (Å²) in [6.07, 6.45) is 0.369. The molecule has 1 unspecified atom stereocenters. The number of ether oxygens (including phenoxy) is 1. The number of amides is 1. The summed E-state index contributed by atoms with van der Waals surface area (Å²) in [7, 11) is 0. The molecule has 2 N–H and O–H groups in total. The van der Waals surface area contributed by atoms with E-state index in [9.17, 15) is 14.0 Å². The largest absolute Gasteiger partial charge is 0.491 e. The van der Waals surface area contributed by atoms with E-state index in [0.717, 1.165) is 5.56 Å². The minimum atomic E-state index is -0.989. The second-order valence-corrected chi connectivity index (χ2v) is 5.51. The van der Waals surface area contributed by atoms with E-state index in [-0.39, 0.29) is 31.1 Å². The zero-order valence-electron chi connectivity index (χ0n) is 13.7. The number of carbonyl (C=O) groups is 2. The number of aliphatic carboxylic acids is 1. The van der Waals surface area contributed by atoms with Crippen LogP contribution in [0.4, 0.5) is 4.39 Å². The predicted molar refractivity (Wildman–Crippen MR) is 90.7 cm³/mol. The first-order valence-corrected chi connectivity index (χ1v) is 7.99. The minimum absolute atomic E-state index is 0.149. The Bertz CT molecular complexity index is 706. The van der Waals surface area contributed by atoms with E-state index in [1.165, 1.54) is 12.1 Å². The fourth-order valence-electron chi connectivity index (χ4n) is 2.36. The quantitative estimate of drug-likeness (QED) is 0.684. The lowest BCUT2D eigenvalue weighted by Gasteiger charge is -2.17. The minimum Gasteiger partial charge on any atom is -0.491 e. The van der Waals surface area contributed by atoms with Gasteiger partial charge in [0.25, 0.3) is 0 Å². The van der Waals surface area contributed by atoms with Gasteiger partial charge in [0.1, 0.15) is 0 Å². The SMILES string of the molecule is O=C(O)CC(NC(=O)CCCOc1ccccc1F)c1ccccc1. The molecule has 6 heteroatoms. The Morgan fingerprint density at radius 2 is 1.76 bits per heavy atom. The molecule has 0 heterocycles. The van der Waals surface area contributed by atoms with Crippen molar-refractivity contribution < 1.29 is 23.8 Å². The lowest BCUT2D eigenvalue weighted by atomic mass is 10.0. The predicted octanol–water partition coefficient (Wildman–Crippen LogP) is 3.32. The molecule has 1 atom stereocenters. The van der Waals surface area contributed by atoms with Crippen LogP contribution in [0.25, 0.3) is 0 Å². The molecule has 0 saturated heterocycles. The highest BCUT2D eigenvalue weighted by Crippen LogP contribution is 2.17. The molecule has 0 aromatic heterocycles. The molecule has 25 heavy (non-hydrogen) atoms. The molecule has 0 aliphatic rings. The maximum absolute atomic E-state index is 13.4. The summed E-state index contributed by atoms with van der Waals surface area (Å²) in [4.78, 5) is 23.1. The molecule has 0 bridgehead atoms. The number of rotatable bonds is 9. The number of carbonyl (C=O) groups excluding carboxylic acids is 1. The average Bonchev–Trinajstić information content (AvgIpc) is 2.60. The number of benzene rings is 2. The molecular formula is C19H20FNO4. The molecule has 0 saturated carbocycles. The first kappa shape index (κ1) is 18.4. The first-order chi connectivity index (χ1) is 12.1. The van der Waals surface area contributed by atoms with Crippen LogP contribution in [0.3, 0.4) is 0 Å². The molecule has 5 nitrogen and oxygen atoms in total. The van der Waals surface area contributed by atoms with Gasteiger partial charge < -0.3 is 15.2 Å². The van der Waals surface area contributed by atoms with Crippen LogP contribution in [-0.4, -0.2) is 23.6 Å². The molecule has 2 aromatic carbocycles. The van der Waals surface area contributed by atoms with E-state index in [1.54, 1.807) is 36.4 Å². The monoisotopic (exact) mass is 345 g/mol. The number of para-hydroxylation sites is 1. The summed E-state index contributed by atoms with van der Waals surface area (Å²) < 4.78 is 18.7. The van der Waals surface area contributed by atoms with Crippen LogP contribution in [0, 0.1) is 5.82 Å². The smallest absolute Gasteiger partial charge is 0.305 e. The van der Waals surface area contributed by atoms with Crippen molar-refractivity contribution in [3.8, 4) is 5.75 Å². The second kappa shape index (κ2) is 9.42. The van der Waals surface area contributed by atoms with Gasteiger partial charge in [0.2, 0.25) is 5.91 Å². The van der Waals surface area contributed by atoms with Gasteiger partial charge in [-0.05, 0) is 24.1 Å². The number of halogens is 1. The number of hydrogen-bond acceptors (Lipinski definition) is 3. The zero-order valence-corrected chi connectivity index (χ0v) is 13.7. The maximum Gasteiger partial charge on any atom is 0.305 e. The van der Waals surface area contributed by atoms with E-state index in [2.05, 4.69) is 5.32 Å². The number of nitrogens with one attached hydrogen (secondary N) is 1. The Kier molecular flexibility index (Phi) is 6.95. The summed E-state index contributed by atoms with van der Waals surface area (Å²) in [6.45, 7) is 0.198. The van der Waals surface area contributed by atoms with Crippen LogP contribution < -0.4 is 10.1 Å². The van der Waals surface area contributed by atoms with Gasteiger partial charge in [-0.15, -0.1) is 0 Å². The van der Waals surface area contributed by atoms with Gasteiger partial charge in [-0.2, -0.15) is 0 Å². The van der Waals surface area contributed by atoms with Crippen molar-refractivity contribution in [1.29, 1.82) is 0 Å². The lowest BCUT2D eigenvalue weighted by molar-refractivity contribution is -0.137. The highest BCUT2D eigenvalue weighted by molar-refractivity contribution is 5.77. The molecule has 0 spiro atoms. The van der Waals surface area contributed by atoms with Gasteiger partial charge in [-0.25, -0.2) is 4.39 Å². The van der Waals surface area contributed by atoms with Gasteiger partial charge >= 0.3 is 5.97 Å².